The Labute approximate surface area is 181 Å². The Hall–Kier alpha value is -0.730. The number of amides is 1. The van der Waals surface area contributed by atoms with Crippen LogP contribution >= 0.6 is 0 Å². The van der Waals surface area contributed by atoms with Crippen molar-refractivity contribution < 1.29 is 25.2 Å². The first-order valence-electron chi connectivity index (χ1n) is 11.8. The quantitative estimate of drug-likeness (QED) is 0.531. The molecule has 174 valence electrons. The van der Waals surface area contributed by atoms with Crippen LogP contribution < -0.4 is 0 Å². The molecule has 4 N–H and O–H groups in total. The zero-order chi connectivity index (χ0) is 22.1. The second kappa shape index (κ2) is 9.82. The third-order valence-electron chi connectivity index (χ3n) is 7.94. The molecule has 0 unspecified atom stereocenters. The monoisotopic (exact) mass is 426 g/mol. The molecule has 1 saturated carbocycles. The van der Waals surface area contributed by atoms with Crippen LogP contribution in [0.15, 0.2) is 0 Å². The van der Waals surface area contributed by atoms with Crippen LogP contribution in [0, 0.1) is 23.2 Å². The lowest BCUT2D eigenvalue weighted by Crippen LogP contribution is -2.63. The topological polar surface area (TPSA) is 104 Å². The van der Waals surface area contributed by atoms with Crippen LogP contribution in [0.25, 0.3) is 0 Å². The summed E-state index contributed by atoms with van der Waals surface area (Å²) in [5.74, 6) is 1.56. The van der Waals surface area contributed by atoms with Gasteiger partial charge in [-0.05, 0) is 55.8 Å². The van der Waals surface area contributed by atoms with Gasteiger partial charge < -0.3 is 25.3 Å². The van der Waals surface area contributed by atoms with Crippen molar-refractivity contribution in [3.05, 3.63) is 0 Å². The standard InChI is InChI=1S/C23H42N2O5/c1-23(2,3)17-6-4-16(5-7-17)22(30)24-10-8-15(9-11-24)12-25-13-19(27)21(29)20(28)18(25)14-26/h15-21,26-29H,4-14H2,1-3H3/t16?,17?,18-,19+,20-,21-/m1/s1. The Kier molecular flexibility index (Phi) is 7.83. The van der Waals surface area contributed by atoms with Crippen LogP contribution in [0.4, 0.5) is 0 Å². The maximum Gasteiger partial charge on any atom is 0.225 e. The van der Waals surface area contributed by atoms with Crippen LogP contribution in [-0.4, -0.2) is 93.3 Å². The third-order valence-corrected chi connectivity index (χ3v) is 7.94. The first-order chi connectivity index (χ1) is 14.1. The average Bonchev–Trinajstić information content (AvgIpc) is 2.72. The van der Waals surface area contributed by atoms with Crippen LogP contribution in [0.2, 0.25) is 0 Å². The Morgan fingerprint density at radius 1 is 0.933 bits per heavy atom. The number of piperidine rings is 2. The number of rotatable bonds is 4. The molecule has 1 aliphatic carbocycles. The lowest BCUT2D eigenvalue weighted by atomic mass is 9.69. The molecule has 0 spiro atoms. The van der Waals surface area contributed by atoms with E-state index in [0.717, 1.165) is 51.6 Å². The molecule has 0 bridgehead atoms. The summed E-state index contributed by atoms with van der Waals surface area (Å²) < 4.78 is 0. The largest absolute Gasteiger partial charge is 0.395 e. The molecule has 0 aromatic rings. The predicted molar refractivity (Wildman–Crippen MR) is 115 cm³/mol. The van der Waals surface area contributed by atoms with E-state index < -0.39 is 24.4 Å². The highest BCUT2D eigenvalue weighted by Gasteiger charge is 2.42. The molecular weight excluding hydrogens is 384 g/mol. The van der Waals surface area contributed by atoms with Crippen molar-refractivity contribution in [2.24, 2.45) is 23.2 Å². The molecule has 2 saturated heterocycles. The fourth-order valence-electron chi connectivity index (χ4n) is 5.72. The summed E-state index contributed by atoms with van der Waals surface area (Å²) in [6.45, 7) is 9.07. The summed E-state index contributed by atoms with van der Waals surface area (Å²) in [4.78, 5) is 16.9. The first kappa shape index (κ1) is 23.9. The van der Waals surface area contributed by atoms with Gasteiger partial charge in [0.1, 0.15) is 12.2 Å². The van der Waals surface area contributed by atoms with E-state index in [1.807, 2.05) is 9.80 Å². The highest BCUT2D eigenvalue weighted by Crippen LogP contribution is 2.40. The molecule has 4 atom stereocenters. The van der Waals surface area contributed by atoms with E-state index in [2.05, 4.69) is 20.8 Å². The normalized spacial score (nSPS) is 37.4. The Balaban J connectivity index is 1.46. The average molecular weight is 427 g/mol. The number of carbonyl (C=O) groups is 1. The SMILES string of the molecule is CC(C)(C)C1CCC(C(=O)N2CCC(CN3C[C@H](O)[C@@H](O)[C@H](O)[C@H]3CO)CC2)CC1. The second-order valence-electron chi connectivity index (χ2n) is 10.9. The van der Waals surface area contributed by atoms with Gasteiger partial charge in [0.2, 0.25) is 5.91 Å². The van der Waals surface area contributed by atoms with Crippen molar-refractivity contribution in [1.82, 2.24) is 9.80 Å². The first-order valence-corrected chi connectivity index (χ1v) is 11.8. The van der Waals surface area contributed by atoms with E-state index in [0.29, 0.717) is 29.7 Å². The molecule has 0 radical (unpaired) electrons. The van der Waals surface area contributed by atoms with Crippen molar-refractivity contribution >= 4 is 5.91 Å². The van der Waals surface area contributed by atoms with Crippen molar-refractivity contribution in [2.45, 2.75) is 83.6 Å². The zero-order valence-corrected chi connectivity index (χ0v) is 18.9. The maximum absolute atomic E-state index is 13.0. The fourth-order valence-corrected chi connectivity index (χ4v) is 5.72. The highest BCUT2D eigenvalue weighted by atomic mass is 16.4. The van der Waals surface area contributed by atoms with E-state index in [4.69, 9.17) is 0 Å². The molecule has 30 heavy (non-hydrogen) atoms. The molecular formula is C23H42N2O5. The minimum atomic E-state index is -1.22. The summed E-state index contributed by atoms with van der Waals surface area (Å²) in [5.41, 5.74) is 0.324. The van der Waals surface area contributed by atoms with Crippen molar-refractivity contribution in [1.29, 1.82) is 0 Å². The maximum atomic E-state index is 13.0. The van der Waals surface area contributed by atoms with E-state index in [9.17, 15) is 25.2 Å². The summed E-state index contributed by atoms with van der Waals surface area (Å²) in [6.07, 6.45) is 2.71. The van der Waals surface area contributed by atoms with Crippen LogP contribution in [0.1, 0.15) is 59.3 Å². The van der Waals surface area contributed by atoms with E-state index >= 15 is 0 Å². The van der Waals surface area contributed by atoms with Crippen LogP contribution in [0.5, 0.6) is 0 Å². The molecule has 2 heterocycles. The summed E-state index contributed by atoms with van der Waals surface area (Å²) in [7, 11) is 0. The Morgan fingerprint density at radius 3 is 2.07 bits per heavy atom. The van der Waals surface area contributed by atoms with E-state index in [1.165, 1.54) is 0 Å². The van der Waals surface area contributed by atoms with Gasteiger partial charge in [-0.25, -0.2) is 0 Å². The molecule has 0 aromatic heterocycles. The number of likely N-dealkylation sites (tertiary alicyclic amines) is 2. The molecule has 1 amide bonds. The van der Waals surface area contributed by atoms with Gasteiger partial charge in [0.25, 0.3) is 0 Å². The molecule has 3 aliphatic rings. The minimum absolute atomic E-state index is 0.174. The fraction of sp³-hybridized carbons (Fsp3) is 0.957. The van der Waals surface area contributed by atoms with E-state index in [-0.39, 0.29) is 19.1 Å². The van der Waals surface area contributed by atoms with Gasteiger partial charge in [-0.1, -0.05) is 20.8 Å². The molecule has 0 aromatic carbocycles. The number of aliphatic hydroxyl groups excluding tert-OH is 4. The van der Waals surface area contributed by atoms with Gasteiger partial charge in [-0.2, -0.15) is 0 Å². The van der Waals surface area contributed by atoms with Gasteiger partial charge >= 0.3 is 0 Å². The zero-order valence-electron chi connectivity index (χ0n) is 18.9. The van der Waals surface area contributed by atoms with Crippen LogP contribution in [0.3, 0.4) is 0 Å². The van der Waals surface area contributed by atoms with Crippen molar-refractivity contribution in [2.75, 3.05) is 32.8 Å². The molecule has 7 nitrogen and oxygen atoms in total. The number of carbonyl (C=O) groups excluding carboxylic acids is 1. The Bertz CT molecular complexity index is 564. The van der Waals surface area contributed by atoms with Crippen LogP contribution in [-0.2, 0) is 4.79 Å². The Morgan fingerprint density at radius 2 is 1.53 bits per heavy atom. The highest BCUT2D eigenvalue weighted by molar-refractivity contribution is 5.79. The van der Waals surface area contributed by atoms with Gasteiger partial charge in [-0.15, -0.1) is 0 Å². The number of β-amino-alcohol motifs (C(OH)–C–C–N with tert-alkyl or cyclic N) is 1. The lowest BCUT2D eigenvalue weighted by molar-refractivity contribution is -0.149. The molecule has 3 rings (SSSR count). The third kappa shape index (κ3) is 5.36. The number of hydrogen-bond donors (Lipinski definition) is 4. The molecule has 7 heteroatoms. The summed E-state index contributed by atoms with van der Waals surface area (Å²) >= 11 is 0. The van der Waals surface area contributed by atoms with Gasteiger partial charge in [0.15, 0.2) is 0 Å². The van der Waals surface area contributed by atoms with Crippen molar-refractivity contribution in [3.8, 4) is 0 Å². The molecule has 2 aliphatic heterocycles. The van der Waals surface area contributed by atoms with Gasteiger partial charge in [-0.3, -0.25) is 9.69 Å². The van der Waals surface area contributed by atoms with Crippen molar-refractivity contribution in [3.63, 3.8) is 0 Å². The number of aliphatic hydroxyl groups is 4. The predicted octanol–water partition coefficient (Wildman–Crippen LogP) is 0.837. The second-order valence-corrected chi connectivity index (χ2v) is 10.9. The lowest BCUT2D eigenvalue weighted by Gasteiger charge is -2.45. The minimum Gasteiger partial charge on any atom is -0.395 e. The molecule has 3 fully saturated rings. The summed E-state index contributed by atoms with van der Waals surface area (Å²) in [6, 6.07) is -0.555. The summed E-state index contributed by atoms with van der Waals surface area (Å²) in [5, 5.41) is 39.7. The number of hydrogen-bond acceptors (Lipinski definition) is 6. The van der Waals surface area contributed by atoms with E-state index in [1.54, 1.807) is 0 Å². The van der Waals surface area contributed by atoms with Gasteiger partial charge in [0, 0.05) is 32.1 Å². The smallest absolute Gasteiger partial charge is 0.225 e. The van der Waals surface area contributed by atoms with Gasteiger partial charge in [0.05, 0.1) is 18.8 Å². The number of nitrogens with zero attached hydrogens (tertiary/aromatic N) is 2.